The zero-order chi connectivity index (χ0) is 27.3. The summed E-state index contributed by atoms with van der Waals surface area (Å²) in [5.74, 6) is 0.414. The number of nitrogens with one attached hydrogen (secondary N) is 2. The van der Waals surface area contributed by atoms with Crippen LogP contribution in [0.1, 0.15) is 50.2 Å². The lowest BCUT2D eigenvalue weighted by molar-refractivity contribution is -0.138. The Balaban J connectivity index is 1.17. The van der Waals surface area contributed by atoms with Crippen molar-refractivity contribution in [2.75, 3.05) is 49.6 Å². The molecule has 1 saturated heterocycles. The maximum atomic E-state index is 14.9. The van der Waals surface area contributed by atoms with Crippen LogP contribution in [0.4, 0.5) is 29.2 Å². The van der Waals surface area contributed by atoms with E-state index in [4.69, 9.17) is 4.74 Å². The predicted molar refractivity (Wildman–Crippen MR) is 130 cm³/mol. The number of carbonyl (C=O) groups is 1. The minimum absolute atomic E-state index is 0.0264. The number of carbonyl (C=O) groups excluding carboxylic acids is 1. The molecule has 1 unspecified atom stereocenters. The van der Waals surface area contributed by atoms with Gasteiger partial charge in [-0.3, -0.25) is 9.59 Å². The maximum absolute atomic E-state index is 14.9. The number of H-pyrrole nitrogens is 1. The van der Waals surface area contributed by atoms with Crippen molar-refractivity contribution < 1.29 is 27.1 Å². The van der Waals surface area contributed by atoms with E-state index in [1.54, 1.807) is 29.3 Å². The molecule has 14 heteroatoms. The van der Waals surface area contributed by atoms with Crippen molar-refractivity contribution in [1.29, 1.82) is 0 Å². The van der Waals surface area contributed by atoms with E-state index in [0.717, 1.165) is 19.0 Å². The number of nitrogens with zero attached hydrogens (tertiary/aromatic N) is 5. The largest absolute Gasteiger partial charge is 0.423 e. The molecular formula is C24H31F4N7O3. The first-order valence-corrected chi connectivity index (χ1v) is 12.6. The lowest BCUT2D eigenvalue weighted by Crippen LogP contribution is -2.49. The summed E-state index contributed by atoms with van der Waals surface area (Å²) in [5, 5.41) is 7.78. The molecule has 0 aromatic carbocycles. The van der Waals surface area contributed by atoms with Crippen molar-refractivity contribution in [1.82, 2.24) is 25.1 Å². The highest BCUT2D eigenvalue weighted by Gasteiger charge is 2.38. The number of rotatable bonds is 9. The molecule has 0 spiro atoms. The Bertz CT molecular complexity index is 1140. The summed E-state index contributed by atoms with van der Waals surface area (Å²) in [6, 6.07) is -0.564. The molecule has 1 saturated carbocycles. The molecule has 2 N–H and O–H groups in total. The lowest BCUT2D eigenvalue weighted by Gasteiger charge is -2.35. The first-order chi connectivity index (χ1) is 18.1. The van der Waals surface area contributed by atoms with Crippen molar-refractivity contribution >= 4 is 17.5 Å². The molecular weight excluding hydrogens is 510 g/mol. The highest BCUT2D eigenvalue weighted by atomic mass is 19.4. The molecule has 1 aliphatic heterocycles. The molecule has 1 amide bonds. The summed E-state index contributed by atoms with van der Waals surface area (Å²) in [6.45, 7) is 3.76. The second-order valence-electron chi connectivity index (χ2n) is 9.67. The van der Waals surface area contributed by atoms with Gasteiger partial charge in [-0.1, -0.05) is 0 Å². The van der Waals surface area contributed by atoms with Gasteiger partial charge >= 0.3 is 6.18 Å². The number of hydrogen-bond acceptors (Lipinski definition) is 8. The van der Waals surface area contributed by atoms with Crippen molar-refractivity contribution in [2.45, 2.75) is 56.9 Å². The Hall–Kier alpha value is -3.29. The molecule has 0 bridgehead atoms. The van der Waals surface area contributed by atoms with Crippen LogP contribution in [-0.4, -0.2) is 76.4 Å². The molecule has 1 aliphatic carbocycles. The van der Waals surface area contributed by atoms with Crippen LogP contribution in [0.3, 0.4) is 0 Å². The third-order valence-electron chi connectivity index (χ3n) is 6.84. The van der Waals surface area contributed by atoms with E-state index in [2.05, 4.69) is 20.4 Å². The van der Waals surface area contributed by atoms with Crippen LogP contribution in [0.5, 0.6) is 0 Å². The molecule has 2 fully saturated rings. The third kappa shape index (κ3) is 6.58. The van der Waals surface area contributed by atoms with Crippen LogP contribution in [0.15, 0.2) is 23.4 Å². The van der Waals surface area contributed by atoms with E-state index in [0.29, 0.717) is 50.5 Å². The molecule has 0 radical (unpaired) electrons. The molecule has 2 aromatic heterocycles. The summed E-state index contributed by atoms with van der Waals surface area (Å²) < 4.78 is 59.8. The molecule has 4 rings (SSSR count). The van der Waals surface area contributed by atoms with Gasteiger partial charge in [0.1, 0.15) is 11.2 Å². The number of piperazine rings is 1. The molecule has 208 valence electrons. The summed E-state index contributed by atoms with van der Waals surface area (Å²) in [7, 11) is 0. The molecule has 10 nitrogen and oxygen atoms in total. The van der Waals surface area contributed by atoms with Gasteiger partial charge in [-0.15, -0.1) is 0 Å². The van der Waals surface area contributed by atoms with E-state index in [1.807, 2.05) is 4.90 Å². The topological polar surface area (TPSA) is 116 Å². The fraction of sp³-hybridized carbons (Fsp3) is 0.625. The van der Waals surface area contributed by atoms with E-state index >= 15 is 0 Å². The highest BCUT2D eigenvalue weighted by Crippen LogP contribution is 2.42. The molecule has 2 aliphatic rings. The van der Waals surface area contributed by atoms with Gasteiger partial charge in [0.2, 0.25) is 11.9 Å². The highest BCUT2D eigenvalue weighted by molar-refractivity contribution is 5.76. The fourth-order valence-electron chi connectivity index (χ4n) is 4.77. The van der Waals surface area contributed by atoms with Crippen molar-refractivity contribution in [3.63, 3.8) is 0 Å². The standard InChI is InChI=1S/C24H31F4N7O3/c1-16(32-18-14-31-33-21(37)20(18)24(26,27)28)15-38-11-4-19(36)34-7-9-35(10-8-34)22-29-12-17(13-30-22)23(25)5-2-3-6-23/h12-14,16H,2-11,15H2,1H3,(H2,32,33,37). The van der Waals surface area contributed by atoms with Gasteiger partial charge in [0.15, 0.2) is 0 Å². The zero-order valence-corrected chi connectivity index (χ0v) is 21.1. The van der Waals surface area contributed by atoms with Gasteiger partial charge in [-0.25, -0.2) is 19.5 Å². The van der Waals surface area contributed by atoms with Gasteiger partial charge in [-0.05, 0) is 32.6 Å². The number of aromatic amines is 1. The Morgan fingerprint density at radius 3 is 2.45 bits per heavy atom. The number of ether oxygens (including phenoxy) is 1. The maximum Gasteiger partial charge on any atom is 0.423 e. The average molecular weight is 542 g/mol. The van der Waals surface area contributed by atoms with E-state index in [-0.39, 0.29) is 25.5 Å². The van der Waals surface area contributed by atoms with Crippen LogP contribution in [0, 0.1) is 0 Å². The van der Waals surface area contributed by atoms with Crippen LogP contribution in [-0.2, 0) is 21.4 Å². The monoisotopic (exact) mass is 541 g/mol. The second-order valence-corrected chi connectivity index (χ2v) is 9.67. The number of anilines is 2. The van der Waals surface area contributed by atoms with E-state index < -0.39 is 34.7 Å². The first kappa shape index (κ1) is 27.7. The fourth-order valence-corrected chi connectivity index (χ4v) is 4.77. The normalized spacial score (nSPS) is 18.4. The third-order valence-corrected chi connectivity index (χ3v) is 6.84. The number of alkyl halides is 4. The zero-order valence-electron chi connectivity index (χ0n) is 21.1. The van der Waals surface area contributed by atoms with Gasteiger partial charge in [-0.2, -0.15) is 18.3 Å². The minimum Gasteiger partial charge on any atom is -0.379 e. The molecule has 1 atom stereocenters. The molecule has 3 heterocycles. The first-order valence-electron chi connectivity index (χ1n) is 12.6. The SMILES string of the molecule is CC(COCCC(=O)N1CCN(c2ncc(C3(F)CCCC3)cn2)CC1)Nc1cn[nH]c(=O)c1C(F)(F)F. The number of halogens is 4. The second kappa shape index (κ2) is 11.6. The molecule has 38 heavy (non-hydrogen) atoms. The average Bonchev–Trinajstić information content (AvgIpc) is 3.33. The quantitative estimate of drug-likeness (QED) is 0.368. The van der Waals surface area contributed by atoms with Gasteiger partial charge < -0.3 is 19.9 Å². The Morgan fingerprint density at radius 2 is 1.82 bits per heavy atom. The van der Waals surface area contributed by atoms with Gasteiger partial charge in [0.05, 0.1) is 31.5 Å². The van der Waals surface area contributed by atoms with Crippen molar-refractivity contribution in [3.8, 4) is 0 Å². The summed E-state index contributed by atoms with van der Waals surface area (Å²) in [4.78, 5) is 36.5. The Morgan fingerprint density at radius 1 is 1.16 bits per heavy atom. The van der Waals surface area contributed by atoms with Crippen molar-refractivity contribution in [3.05, 3.63) is 40.1 Å². The predicted octanol–water partition coefficient (Wildman–Crippen LogP) is 2.87. The van der Waals surface area contributed by atoms with E-state index in [9.17, 15) is 27.2 Å². The number of aromatic nitrogens is 4. The smallest absolute Gasteiger partial charge is 0.379 e. The Kier molecular flexibility index (Phi) is 8.48. The summed E-state index contributed by atoms with van der Waals surface area (Å²) >= 11 is 0. The summed E-state index contributed by atoms with van der Waals surface area (Å²) in [5.41, 5.74) is -3.93. The van der Waals surface area contributed by atoms with Crippen LogP contribution in [0.2, 0.25) is 0 Å². The lowest BCUT2D eigenvalue weighted by atomic mass is 9.97. The van der Waals surface area contributed by atoms with Crippen LogP contribution < -0.4 is 15.8 Å². The van der Waals surface area contributed by atoms with Crippen molar-refractivity contribution in [2.24, 2.45) is 0 Å². The molecule has 2 aromatic rings. The minimum atomic E-state index is -4.84. The Labute approximate surface area is 216 Å². The summed E-state index contributed by atoms with van der Waals surface area (Å²) in [6.07, 6.45) is 2.05. The number of amides is 1. The van der Waals surface area contributed by atoms with E-state index in [1.165, 1.54) is 0 Å². The number of hydrogen-bond donors (Lipinski definition) is 2. The van der Waals surface area contributed by atoms with Gasteiger partial charge in [0, 0.05) is 50.2 Å². The van der Waals surface area contributed by atoms with Crippen LogP contribution >= 0.6 is 0 Å². The van der Waals surface area contributed by atoms with Crippen LogP contribution in [0.25, 0.3) is 0 Å². The van der Waals surface area contributed by atoms with Gasteiger partial charge in [0.25, 0.3) is 5.56 Å².